The lowest BCUT2D eigenvalue weighted by Crippen LogP contribution is -2.32. The van der Waals surface area contributed by atoms with Gasteiger partial charge < -0.3 is 0 Å². The molecular formula is C15H18N2OS. The van der Waals surface area contributed by atoms with Crippen molar-refractivity contribution >= 4 is 17.5 Å². The third-order valence-electron chi connectivity index (χ3n) is 5.20. The van der Waals surface area contributed by atoms with Gasteiger partial charge in [-0.15, -0.1) is 0 Å². The topological polar surface area (TPSA) is 42.9 Å². The van der Waals surface area contributed by atoms with Gasteiger partial charge in [-0.3, -0.25) is 4.79 Å². The highest BCUT2D eigenvalue weighted by Crippen LogP contribution is 2.65. The summed E-state index contributed by atoms with van der Waals surface area (Å²) in [5, 5.41) is 2.68. The van der Waals surface area contributed by atoms with Crippen molar-refractivity contribution in [1.29, 1.82) is 0 Å². The fourth-order valence-corrected chi connectivity index (χ4v) is 4.27. The molecule has 1 aromatic heterocycles. The zero-order valence-corrected chi connectivity index (χ0v) is 12.3. The van der Waals surface area contributed by atoms with E-state index in [0.717, 1.165) is 18.4 Å². The van der Waals surface area contributed by atoms with Gasteiger partial charge in [-0.1, -0.05) is 32.5 Å². The van der Waals surface area contributed by atoms with Crippen LogP contribution in [0.1, 0.15) is 33.6 Å². The summed E-state index contributed by atoms with van der Waals surface area (Å²) in [6.45, 7) is 6.58. The number of hydrogen-bond donors (Lipinski definition) is 0. The van der Waals surface area contributed by atoms with Crippen LogP contribution in [0.25, 0.3) is 0 Å². The van der Waals surface area contributed by atoms with E-state index in [4.69, 9.17) is 0 Å². The van der Waals surface area contributed by atoms with Crippen molar-refractivity contribution < 1.29 is 4.79 Å². The van der Waals surface area contributed by atoms with E-state index in [1.54, 1.807) is 18.5 Å². The lowest BCUT2D eigenvalue weighted by Gasteiger charge is -2.31. The Balaban J connectivity index is 1.89. The number of rotatable bonds is 2. The molecule has 1 aromatic rings. The normalized spacial score (nSPS) is 34.2. The van der Waals surface area contributed by atoms with E-state index in [2.05, 4.69) is 30.7 Å². The number of carbonyl (C=O) groups excluding carboxylic acids is 1. The van der Waals surface area contributed by atoms with E-state index in [1.807, 2.05) is 5.41 Å². The highest BCUT2D eigenvalue weighted by molar-refractivity contribution is 8.02. The molecule has 2 aliphatic carbocycles. The van der Waals surface area contributed by atoms with Gasteiger partial charge in [0, 0.05) is 23.4 Å². The molecule has 2 unspecified atom stereocenters. The average Bonchev–Trinajstić information content (AvgIpc) is 2.70. The molecule has 0 spiro atoms. The number of Topliss-reactive ketones (excluding diaryl/α,β-unsaturated/α-hetero) is 1. The van der Waals surface area contributed by atoms with Crippen molar-refractivity contribution in [3.8, 4) is 0 Å². The molecule has 0 aromatic carbocycles. The van der Waals surface area contributed by atoms with Gasteiger partial charge in [0.15, 0.2) is 10.9 Å². The highest BCUT2D eigenvalue weighted by Gasteiger charge is 2.63. The molecule has 0 aliphatic heterocycles. The van der Waals surface area contributed by atoms with E-state index >= 15 is 0 Å². The van der Waals surface area contributed by atoms with Crippen LogP contribution >= 0.6 is 11.8 Å². The molecule has 2 saturated carbocycles. The Morgan fingerprint density at radius 1 is 1.32 bits per heavy atom. The van der Waals surface area contributed by atoms with Crippen molar-refractivity contribution in [1.82, 2.24) is 9.97 Å². The second-order valence-corrected chi connectivity index (χ2v) is 7.03. The van der Waals surface area contributed by atoms with Crippen molar-refractivity contribution in [2.75, 3.05) is 0 Å². The Labute approximate surface area is 117 Å². The predicted octanol–water partition coefficient (Wildman–Crippen LogP) is 3.48. The van der Waals surface area contributed by atoms with E-state index in [-0.39, 0.29) is 10.8 Å². The number of aromatic nitrogens is 2. The van der Waals surface area contributed by atoms with Gasteiger partial charge in [-0.05, 0) is 35.6 Å². The monoisotopic (exact) mass is 274 g/mol. The molecule has 2 aliphatic rings. The molecule has 2 fully saturated rings. The third kappa shape index (κ3) is 1.69. The number of nitrogens with zero attached hydrogens (tertiary/aromatic N) is 2. The van der Waals surface area contributed by atoms with Crippen molar-refractivity contribution in [3.63, 3.8) is 0 Å². The SMILES string of the molecule is CC12CCC(C(=CSc3ncccn3)C1=O)C2(C)C. The van der Waals surface area contributed by atoms with E-state index in [0.29, 0.717) is 16.9 Å². The van der Waals surface area contributed by atoms with Gasteiger partial charge in [-0.25, -0.2) is 9.97 Å². The maximum atomic E-state index is 12.6. The minimum Gasteiger partial charge on any atom is -0.294 e. The van der Waals surface area contributed by atoms with Crippen LogP contribution in [0.15, 0.2) is 34.6 Å². The molecule has 3 nitrogen and oxygen atoms in total. The van der Waals surface area contributed by atoms with Crippen LogP contribution in [0, 0.1) is 16.7 Å². The Morgan fingerprint density at radius 2 is 2.00 bits per heavy atom. The quantitative estimate of drug-likeness (QED) is 0.470. The molecule has 3 rings (SSSR count). The first-order valence-electron chi connectivity index (χ1n) is 6.65. The molecule has 0 saturated heterocycles. The Hall–Kier alpha value is -1.16. The predicted molar refractivity (Wildman–Crippen MR) is 75.6 cm³/mol. The summed E-state index contributed by atoms with van der Waals surface area (Å²) in [6.07, 6.45) is 5.59. The lowest BCUT2D eigenvalue weighted by molar-refractivity contribution is -0.125. The fourth-order valence-electron chi connectivity index (χ4n) is 3.53. The van der Waals surface area contributed by atoms with Crippen LogP contribution in [0.4, 0.5) is 0 Å². The first-order chi connectivity index (χ1) is 8.97. The number of ketones is 1. The fraction of sp³-hybridized carbons (Fsp3) is 0.533. The van der Waals surface area contributed by atoms with E-state index < -0.39 is 0 Å². The Bertz CT molecular complexity index is 553. The second kappa shape index (κ2) is 4.17. The highest BCUT2D eigenvalue weighted by atomic mass is 32.2. The largest absolute Gasteiger partial charge is 0.294 e. The summed E-state index contributed by atoms with van der Waals surface area (Å²) in [4.78, 5) is 21.0. The van der Waals surface area contributed by atoms with Gasteiger partial charge >= 0.3 is 0 Å². The molecule has 2 atom stereocenters. The zero-order valence-electron chi connectivity index (χ0n) is 11.5. The number of hydrogen-bond acceptors (Lipinski definition) is 4. The van der Waals surface area contributed by atoms with Crippen LogP contribution in [0.2, 0.25) is 0 Å². The summed E-state index contributed by atoms with van der Waals surface area (Å²) in [5.41, 5.74) is 0.881. The zero-order chi connectivity index (χ0) is 13.7. The Kier molecular flexibility index (Phi) is 2.82. The standard InChI is InChI=1S/C15H18N2OS/c1-14(2)11-5-6-15(14,3)12(18)10(11)9-19-13-16-7-4-8-17-13/h4,7-9,11H,5-6H2,1-3H3. The maximum Gasteiger partial charge on any atom is 0.191 e. The second-order valence-electron chi connectivity index (χ2n) is 6.20. The van der Waals surface area contributed by atoms with Gasteiger partial charge in [0.25, 0.3) is 0 Å². The first kappa shape index (κ1) is 12.9. The summed E-state index contributed by atoms with van der Waals surface area (Å²) < 4.78 is 0. The molecule has 100 valence electrons. The minimum absolute atomic E-state index is 0.0774. The molecule has 0 radical (unpaired) electrons. The molecule has 0 N–H and O–H groups in total. The van der Waals surface area contributed by atoms with Crippen LogP contribution in [0.3, 0.4) is 0 Å². The molecular weight excluding hydrogens is 256 g/mol. The van der Waals surface area contributed by atoms with Crippen molar-refractivity contribution in [2.24, 2.45) is 16.7 Å². The third-order valence-corrected chi connectivity index (χ3v) is 5.99. The smallest absolute Gasteiger partial charge is 0.191 e. The molecule has 1 heterocycles. The van der Waals surface area contributed by atoms with Crippen LogP contribution < -0.4 is 0 Å². The molecule has 4 heteroatoms. The summed E-state index contributed by atoms with van der Waals surface area (Å²) in [7, 11) is 0. The molecule has 0 amide bonds. The maximum absolute atomic E-state index is 12.6. The number of carbonyl (C=O) groups is 1. The Morgan fingerprint density at radius 3 is 2.58 bits per heavy atom. The molecule has 2 bridgehead atoms. The summed E-state index contributed by atoms with van der Waals surface area (Å²) >= 11 is 1.46. The number of thioether (sulfide) groups is 1. The van der Waals surface area contributed by atoms with Gasteiger partial charge in [0.05, 0.1) is 0 Å². The van der Waals surface area contributed by atoms with Crippen molar-refractivity contribution in [2.45, 2.75) is 38.8 Å². The summed E-state index contributed by atoms with van der Waals surface area (Å²) in [6, 6.07) is 1.80. The number of allylic oxidation sites excluding steroid dienone is 1. The average molecular weight is 274 g/mol. The first-order valence-corrected chi connectivity index (χ1v) is 7.53. The van der Waals surface area contributed by atoms with E-state index in [1.165, 1.54) is 11.8 Å². The lowest BCUT2D eigenvalue weighted by atomic mass is 9.70. The minimum atomic E-state index is -0.179. The number of fused-ring (bicyclic) bond motifs is 2. The molecule has 19 heavy (non-hydrogen) atoms. The summed E-state index contributed by atoms with van der Waals surface area (Å²) in [5.74, 6) is 0.721. The van der Waals surface area contributed by atoms with Gasteiger partial charge in [0.1, 0.15) is 0 Å². The van der Waals surface area contributed by atoms with Gasteiger partial charge in [0.2, 0.25) is 0 Å². The van der Waals surface area contributed by atoms with Crippen LogP contribution in [-0.2, 0) is 4.79 Å². The van der Waals surface area contributed by atoms with E-state index in [9.17, 15) is 4.79 Å². The van der Waals surface area contributed by atoms with Crippen molar-refractivity contribution in [3.05, 3.63) is 29.4 Å². The van der Waals surface area contributed by atoms with Gasteiger partial charge in [-0.2, -0.15) is 0 Å². The van der Waals surface area contributed by atoms with Crippen LogP contribution in [0.5, 0.6) is 0 Å². The van der Waals surface area contributed by atoms with Crippen LogP contribution in [-0.4, -0.2) is 15.8 Å².